The second kappa shape index (κ2) is 6.86. The fourth-order valence-electron chi connectivity index (χ4n) is 1.94. The monoisotopic (exact) mass is 392 g/mol. The molecule has 112 valence electrons. The number of hydrogen-bond donors (Lipinski definition) is 0. The highest BCUT2D eigenvalue weighted by Gasteiger charge is 2.20. The molecule has 2 aromatic carbocycles. The van der Waals surface area contributed by atoms with Crippen LogP contribution in [0.1, 0.15) is 16.0 Å². The molecule has 0 N–H and O–H groups in total. The Balaban J connectivity index is 2.50. The van der Waals surface area contributed by atoms with Crippen LogP contribution in [-0.2, 0) is 0 Å². The van der Waals surface area contributed by atoms with Gasteiger partial charge in [-0.25, -0.2) is 4.39 Å². The summed E-state index contributed by atoms with van der Waals surface area (Å²) in [6.45, 7) is 0. The molecule has 0 saturated heterocycles. The Morgan fingerprint density at radius 3 is 2.19 bits per heavy atom. The van der Waals surface area contributed by atoms with Crippen LogP contribution in [0.2, 0.25) is 10.0 Å². The molecule has 2 rings (SSSR count). The predicted octanol–water partition coefficient (Wildman–Crippen LogP) is 5.63. The van der Waals surface area contributed by atoms with E-state index in [1.165, 1.54) is 20.3 Å². The molecule has 0 saturated carbocycles. The summed E-state index contributed by atoms with van der Waals surface area (Å²) in [7, 11) is 3.06. The Kier molecular flexibility index (Phi) is 5.36. The second-order valence-corrected chi connectivity index (χ2v) is 6.02. The van der Waals surface area contributed by atoms with Crippen molar-refractivity contribution in [1.82, 2.24) is 0 Å². The van der Waals surface area contributed by atoms with Gasteiger partial charge in [0.1, 0.15) is 5.82 Å². The topological polar surface area (TPSA) is 18.5 Å². The summed E-state index contributed by atoms with van der Waals surface area (Å²) in [6.07, 6.45) is 0. The van der Waals surface area contributed by atoms with Gasteiger partial charge < -0.3 is 9.47 Å². The summed E-state index contributed by atoms with van der Waals surface area (Å²) < 4.78 is 24.5. The number of alkyl halides is 1. The minimum atomic E-state index is -0.429. The molecule has 0 bridgehead atoms. The summed E-state index contributed by atoms with van der Waals surface area (Å²) in [5.74, 6) is 0.633. The minimum Gasteiger partial charge on any atom is -0.493 e. The molecule has 0 heterocycles. The Bertz CT molecular complexity index is 664. The third-order valence-corrected chi connectivity index (χ3v) is 4.56. The zero-order valence-corrected chi connectivity index (χ0v) is 14.4. The van der Waals surface area contributed by atoms with Crippen molar-refractivity contribution in [3.8, 4) is 11.5 Å². The smallest absolute Gasteiger partial charge is 0.162 e. The molecule has 0 radical (unpaired) electrons. The summed E-state index contributed by atoms with van der Waals surface area (Å²) in [6, 6.07) is 7.86. The highest BCUT2D eigenvalue weighted by atomic mass is 79.9. The first-order valence-corrected chi connectivity index (χ1v) is 7.65. The molecule has 0 spiro atoms. The van der Waals surface area contributed by atoms with Crippen LogP contribution < -0.4 is 9.47 Å². The van der Waals surface area contributed by atoms with Crippen molar-refractivity contribution < 1.29 is 13.9 Å². The van der Waals surface area contributed by atoms with E-state index in [9.17, 15) is 4.39 Å². The average Bonchev–Trinajstić information content (AvgIpc) is 2.46. The van der Waals surface area contributed by atoms with E-state index in [4.69, 9.17) is 32.7 Å². The second-order valence-electron chi connectivity index (χ2n) is 4.26. The van der Waals surface area contributed by atoms with E-state index in [1.807, 2.05) is 0 Å². The van der Waals surface area contributed by atoms with Crippen molar-refractivity contribution in [2.75, 3.05) is 14.2 Å². The Labute approximate surface area is 140 Å². The van der Waals surface area contributed by atoms with Crippen molar-refractivity contribution in [3.63, 3.8) is 0 Å². The molecule has 1 atom stereocenters. The maximum absolute atomic E-state index is 14.0. The van der Waals surface area contributed by atoms with Gasteiger partial charge in [-0.2, -0.15) is 0 Å². The van der Waals surface area contributed by atoms with Crippen LogP contribution in [0.15, 0.2) is 30.3 Å². The van der Waals surface area contributed by atoms with Crippen molar-refractivity contribution >= 4 is 39.1 Å². The van der Waals surface area contributed by atoms with E-state index in [0.29, 0.717) is 32.7 Å². The van der Waals surface area contributed by atoms with Gasteiger partial charge in [0.05, 0.1) is 19.0 Å². The maximum Gasteiger partial charge on any atom is 0.162 e. The molecular weight excluding hydrogens is 382 g/mol. The summed E-state index contributed by atoms with van der Waals surface area (Å²) in [5, 5.41) is 0.790. The molecule has 0 fully saturated rings. The molecule has 6 heteroatoms. The van der Waals surface area contributed by atoms with Gasteiger partial charge in [-0.3, -0.25) is 0 Å². The average molecular weight is 394 g/mol. The van der Waals surface area contributed by atoms with E-state index in [2.05, 4.69) is 15.9 Å². The van der Waals surface area contributed by atoms with Crippen LogP contribution in [0, 0.1) is 5.82 Å². The Hall–Kier alpha value is -0.970. The first-order chi connectivity index (χ1) is 9.97. The van der Waals surface area contributed by atoms with Crippen molar-refractivity contribution in [1.29, 1.82) is 0 Å². The lowest BCUT2D eigenvalue weighted by Gasteiger charge is -2.16. The molecule has 21 heavy (non-hydrogen) atoms. The van der Waals surface area contributed by atoms with E-state index < -0.39 is 10.6 Å². The van der Waals surface area contributed by atoms with Gasteiger partial charge in [0.25, 0.3) is 0 Å². The molecule has 0 aliphatic rings. The summed E-state index contributed by atoms with van der Waals surface area (Å²) in [4.78, 5) is -0.429. The Morgan fingerprint density at radius 2 is 1.62 bits per heavy atom. The zero-order chi connectivity index (χ0) is 15.6. The lowest BCUT2D eigenvalue weighted by atomic mass is 10.0. The van der Waals surface area contributed by atoms with Crippen molar-refractivity contribution in [3.05, 3.63) is 57.3 Å². The fourth-order valence-corrected chi connectivity index (χ4v) is 3.24. The summed E-state index contributed by atoms with van der Waals surface area (Å²) >= 11 is 15.5. The highest BCUT2D eigenvalue weighted by molar-refractivity contribution is 9.09. The fraction of sp³-hybridized carbons (Fsp3) is 0.200. The SMILES string of the molecule is COc1cc(Cl)c(C(Br)c2ccc(Cl)cc2F)cc1OC. The van der Waals surface area contributed by atoms with Crippen molar-refractivity contribution in [2.24, 2.45) is 0 Å². The number of benzene rings is 2. The largest absolute Gasteiger partial charge is 0.493 e. The van der Waals surface area contributed by atoms with Gasteiger partial charge in [-0.05, 0) is 23.8 Å². The van der Waals surface area contributed by atoms with E-state index in [0.717, 1.165) is 0 Å². The van der Waals surface area contributed by atoms with Gasteiger partial charge in [0.15, 0.2) is 11.5 Å². The molecule has 0 amide bonds. The quantitative estimate of drug-likeness (QED) is 0.626. The standard InChI is InChI=1S/C15H12BrCl2FO2/c1-20-13-6-10(11(18)7-14(13)21-2)15(16)9-4-3-8(17)5-12(9)19/h3-7,15H,1-2H3. The zero-order valence-electron chi connectivity index (χ0n) is 11.3. The van der Waals surface area contributed by atoms with Crippen LogP contribution >= 0.6 is 39.1 Å². The van der Waals surface area contributed by atoms with E-state index >= 15 is 0 Å². The number of hydrogen-bond acceptors (Lipinski definition) is 2. The molecule has 2 nitrogen and oxygen atoms in total. The first-order valence-electron chi connectivity index (χ1n) is 5.98. The maximum atomic E-state index is 14.0. The van der Waals surface area contributed by atoms with E-state index in [1.54, 1.807) is 24.3 Å². The Morgan fingerprint density at radius 1 is 1.00 bits per heavy atom. The van der Waals surface area contributed by atoms with E-state index in [-0.39, 0.29) is 0 Å². The van der Waals surface area contributed by atoms with Crippen molar-refractivity contribution in [2.45, 2.75) is 4.83 Å². The van der Waals surface area contributed by atoms with Crippen LogP contribution in [0.5, 0.6) is 11.5 Å². The molecule has 0 aliphatic carbocycles. The molecule has 1 unspecified atom stereocenters. The number of rotatable bonds is 4. The first kappa shape index (κ1) is 16.4. The lowest BCUT2D eigenvalue weighted by Crippen LogP contribution is -2.00. The normalized spacial score (nSPS) is 12.1. The molecule has 2 aromatic rings. The summed E-state index contributed by atoms with van der Waals surface area (Å²) in [5.41, 5.74) is 1.11. The van der Waals surface area contributed by atoms with Gasteiger partial charge in [0, 0.05) is 21.7 Å². The number of ether oxygens (including phenoxy) is 2. The van der Waals surface area contributed by atoms with Crippen LogP contribution in [0.25, 0.3) is 0 Å². The van der Waals surface area contributed by atoms with Crippen LogP contribution in [-0.4, -0.2) is 14.2 Å². The van der Waals surface area contributed by atoms with Gasteiger partial charge in [-0.15, -0.1) is 0 Å². The predicted molar refractivity (Wildman–Crippen MR) is 86.7 cm³/mol. The number of methoxy groups -OCH3 is 2. The highest BCUT2D eigenvalue weighted by Crippen LogP contribution is 2.42. The molecule has 0 aromatic heterocycles. The number of halogens is 4. The van der Waals surface area contributed by atoms with Gasteiger partial charge in [-0.1, -0.05) is 45.2 Å². The van der Waals surface area contributed by atoms with Gasteiger partial charge >= 0.3 is 0 Å². The lowest BCUT2D eigenvalue weighted by molar-refractivity contribution is 0.354. The van der Waals surface area contributed by atoms with Crippen LogP contribution in [0.4, 0.5) is 4.39 Å². The van der Waals surface area contributed by atoms with Crippen LogP contribution in [0.3, 0.4) is 0 Å². The third-order valence-electron chi connectivity index (χ3n) is 3.01. The van der Waals surface area contributed by atoms with Gasteiger partial charge in [0.2, 0.25) is 0 Å². The molecular formula is C15H12BrCl2FO2. The third kappa shape index (κ3) is 3.44. The molecule has 0 aliphatic heterocycles. The minimum absolute atomic E-state index is 0.342.